The average Bonchev–Trinajstić information content (AvgIpc) is 2.89. The third-order valence-corrected chi connectivity index (χ3v) is 3.93. The topological polar surface area (TPSA) is 88.9 Å². The van der Waals surface area contributed by atoms with Crippen LogP contribution in [-0.2, 0) is 11.8 Å². The van der Waals surface area contributed by atoms with Gasteiger partial charge in [-0.2, -0.15) is 0 Å². The molecule has 0 aliphatic heterocycles. The first-order valence-corrected chi connectivity index (χ1v) is 8.42. The zero-order valence-electron chi connectivity index (χ0n) is 14.2. The number of benzene rings is 1. The highest BCUT2D eigenvalue weighted by atomic mass is 32.2. The molecule has 2 aromatic rings. The van der Waals surface area contributed by atoms with Crippen molar-refractivity contribution in [2.75, 3.05) is 11.1 Å². The van der Waals surface area contributed by atoms with Gasteiger partial charge in [0.05, 0.1) is 5.75 Å². The van der Waals surface area contributed by atoms with E-state index in [0.717, 1.165) is 0 Å². The van der Waals surface area contributed by atoms with Crippen molar-refractivity contribution >= 4 is 29.3 Å². The predicted molar refractivity (Wildman–Crippen MR) is 94.0 cm³/mol. The summed E-state index contributed by atoms with van der Waals surface area (Å²) in [7, 11) is 1.82. The van der Waals surface area contributed by atoms with Gasteiger partial charge in [0.25, 0.3) is 5.91 Å². The molecule has 8 heteroatoms. The summed E-state index contributed by atoms with van der Waals surface area (Å²) in [5.74, 6) is -0.131. The summed E-state index contributed by atoms with van der Waals surface area (Å²) in [4.78, 5) is 24.2. The molecule has 0 saturated carbocycles. The number of amides is 2. The van der Waals surface area contributed by atoms with Gasteiger partial charge >= 0.3 is 0 Å². The molecule has 2 rings (SSSR count). The van der Waals surface area contributed by atoms with Crippen molar-refractivity contribution in [3.05, 3.63) is 36.2 Å². The minimum Gasteiger partial charge on any atom is -0.347 e. The fourth-order valence-corrected chi connectivity index (χ4v) is 2.57. The Morgan fingerprint density at radius 3 is 2.67 bits per heavy atom. The molecule has 0 saturated heterocycles. The number of thioether (sulfide) groups is 1. The fraction of sp³-hybridized carbons (Fsp3) is 0.375. The molecule has 2 N–H and O–H groups in total. The number of nitrogens with one attached hydrogen (secondary N) is 2. The van der Waals surface area contributed by atoms with Crippen LogP contribution >= 0.6 is 11.8 Å². The van der Waals surface area contributed by atoms with Crippen molar-refractivity contribution < 1.29 is 9.59 Å². The zero-order chi connectivity index (χ0) is 17.7. The summed E-state index contributed by atoms with van der Waals surface area (Å²) in [6.07, 6.45) is 1.58. The van der Waals surface area contributed by atoms with Gasteiger partial charge < -0.3 is 15.2 Å². The van der Waals surface area contributed by atoms with Gasteiger partial charge in [-0.05, 0) is 39.0 Å². The lowest BCUT2D eigenvalue weighted by Crippen LogP contribution is -2.40. The van der Waals surface area contributed by atoms with E-state index in [9.17, 15) is 9.59 Å². The van der Waals surface area contributed by atoms with Gasteiger partial charge in [0.1, 0.15) is 6.33 Å². The van der Waals surface area contributed by atoms with E-state index in [1.807, 2.05) is 27.8 Å². The lowest BCUT2D eigenvalue weighted by Gasteiger charge is -2.20. The van der Waals surface area contributed by atoms with Crippen LogP contribution in [0.25, 0.3) is 0 Å². The lowest BCUT2D eigenvalue weighted by atomic mass is 10.1. The summed E-state index contributed by atoms with van der Waals surface area (Å²) >= 11 is 1.30. The van der Waals surface area contributed by atoms with Crippen LogP contribution in [0.4, 0.5) is 5.69 Å². The van der Waals surface area contributed by atoms with E-state index in [0.29, 0.717) is 16.4 Å². The molecule has 0 radical (unpaired) electrons. The summed E-state index contributed by atoms with van der Waals surface area (Å²) in [5, 5.41) is 14.0. The van der Waals surface area contributed by atoms with Crippen molar-refractivity contribution in [1.29, 1.82) is 0 Å². The highest BCUT2D eigenvalue weighted by molar-refractivity contribution is 7.99. The van der Waals surface area contributed by atoms with Crippen LogP contribution in [0.15, 0.2) is 35.7 Å². The Labute approximate surface area is 145 Å². The second-order valence-electron chi connectivity index (χ2n) is 6.35. The first-order chi connectivity index (χ1) is 11.2. The molecule has 2 amide bonds. The van der Waals surface area contributed by atoms with Crippen LogP contribution in [0.2, 0.25) is 0 Å². The maximum atomic E-state index is 12.2. The Bertz CT molecular complexity index is 736. The van der Waals surface area contributed by atoms with E-state index in [4.69, 9.17) is 0 Å². The minimum atomic E-state index is -0.316. The first-order valence-electron chi connectivity index (χ1n) is 7.44. The third kappa shape index (κ3) is 5.38. The minimum absolute atomic E-state index is 0.170. The highest BCUT2D eigenvalue weighted by Crippen LogP contribution is 2.16. The van der Waals surface area contributed by atoms with Crippen molar-refractivity contribution in [1.82, 2.24) is 20.1 Å². The third-order valence-electron chi connectivity index (χ3n) is 2.90. The molecule has 7 nitrogen and oxygen atoms in total. The molecule has 0 aliphatic carbocycles. The van der Waals surface area contributed by atoms with E-state index >= 15 is 0 Å². The summed E-state index contributed by atoms with van der Waals surface area (Å²) in [5.41, 5.74) is 0.770. The molecule has 128 valence electrons. The van der Waals surface area contributed by atoms with Gasteiger partial charge in [0.2, 0.25) is 5.91 Å². The predicted octanol–water partition coefficient (Wildman–Crippen LogP) is 2.07. The number of anilines is 1. The number of hydrogen-bond acceptors (Lipinski definition) is 5. The molecule has 1 heterocycles. The molecule has 0 atom stereocenters. The van der Waals surface area contributed by atoms with E-state index in [-0.39, 0.29) is 23.1 Å². The highest BCUT2D eigenvalue weighted by Gasteiger charge is 2.15. The van der Waals surface area contributed by atoms with Crippen molar-refractivity contribution in [2.45, 2.75) is 31.5 Å². The fourth-order valence-electron chi connectivity index (χ4n) is 1.88. The molecule has 0 aliphatic rings. The SMILES string of the molecule is Cn1cnnc1SCC(=O)Nc1cccc(C(=O)NC(C)(C)C)c1. The van der Waals surface area contributed by atoms with Crippen LogP contribution in [0.5, 0.6) is 0 Å². The quantitative estimate of drug-likeness (QED) is 0.808. The molecular formula is C16H21N5O2S. The first kappa shape index (κ1) is 18.0. The van der Waals surface area contributed by atoms with Gasteiger partial charge in [-0.25, -0.2) is 0 Å². The summed E-state index contributed by atoms with van der Waals surface area (Å²) in [6.45, 7) is 5.75. The number of hydrogen-bond donors (Lipinski definition) is 2. The smallest absolute Gasteiger partial charge is 0.251 e. The Kier molecular flexibility index (Phi) is 5.61. The normalized spacial score (nSPS) is 11.2. The number of carbonyl (C=O) groups is 2. The molecule has 0 bridgehead atoms. The van der Waals surface area contributed by atoms with Gasteiger partial charge in [0.15, 0.2) is 5.16 Å². The maximum absolute atomic E-state index is 12.2. The largest absolute Gasteiger partial charge is 0.347 e. The Hall–Kier alpha value is -2.35. The van der Waals surface area contributed by atoms with Gasteiger partial charge in [-0.3, -0.25) is 9.59 Å². The standard InChI is InChI=1S/C16H21N5O2S/c1-16(2,3)19-14(23)11-6-5-7-12(8-11)18-13(22)9-24-15-20-17-10-21(15)4/h5-8,10H,9H2,1-4H3,(H,18,22)(H,19,23). The molecule has 0 spiro atoms. The average molecular weight is 347 g/mol. The van der Waals surface area contributed by atoms with Crippen LogP contribution in [0.3, 0.4) is 0 Å². The molecule has 1 aromatic carbocycles. The second-order valence-corrected chi connectivity index (χ2v) is 7.29. The molecule has 1 aromatic heterocycles. The summed E-state index contributed by atoms with van der Waals surface area (Å²) < 4.78 is 1.75. The van der Waals surface area contributed by atoms with Crippen LogP contribution < -0.4 is 10.6 Å². The monoisotopic (exact) mass is 347 g/mol. The number of rotatable bonds is 5. The van der Waals surface area contributed by atoms with Crippen molar-refractivity contribution in [2.24, 2.45) is 7.05 Å². The molecular weight excluding hydrogens is 326 g/mol. The second kappa shape index (κ2) is 7.48. The molecule has 0 unspecified atom stereocenters. The number of aryl methyl sites for hydroxylation is 1. The van der Waals surface area contributed by atoms with Gasteiger partial charge in [-0.1, -0.05) is 17.8 Å². The Balaban J connectivity index is 1.95. The van der Waals surface area contributed by atoms with Gasteiger partial charge in [0, 0.05) is 23.8 Å². The van der Waals surface area contributed by atoms with Gasteiger partial charge in [-0.15, -0.1) is 10.2 Å². The lowest BCUT2D eigenvalue weighted by molar-refractivity contribution is -0.113. The number of aromatic nitrogens is 3. The van der Waals surface area contributed by atoms with E-state index in [1.54, 1.807) is 35.2 Å². The van der Waals surface area contributed by atoms with Crippen molar-refractivity contribution in [3.8, 4) is 0 Å². The van der Waals surface area contributed by atoms with E-state index in [1.165, 1.54) is 11.8 Å². The summed E-state index contributed by atoms with van der Waals surface area (Å²) in [6, 6.07) is 6.86. The maximum Gasteiger partial charge on any atom is 0.251 e. The number of nitrogens with zero attached hydrogens (tertiary/aromatic N) is 3. The van der Waals surface area contributed by atoms with E-state index < -0.39 is 0 Å². The Morgan fingerprint density at radius 1 is 1.29 bits per heavy atom. The molecule has 0 fully saturated rings. The van der Waals surface area contributed by atoms with E-state index in [2.05, 4.69) is 20.8 Å². The number of carbonyl (C=O) groups excluding carboxylic acids is 2. The Morgan fingerprint density at radius 2 is 2.04 bits per heavy atom. The van der Waals surface area contributed by atoms with Crippen molar-refractivity contribution in [3.63, 3.8) is 0 Å². The van der Waals surface area contributed by atoms with Crippen LogP contribution in [0.1, 0.15) is 31.1 Å². The zero-order valence-corrected chi connectivity index (χ0v) is 15.0. The van der Waals surface area contributed by atoms with Crippen LogP contribution in [0, 0.1) is 0 Å². The van der Waals surface area contributed by atoms with Crippen LogP contribution in [-0.4, -0.2) is 37.9 Å². The molecule has 24 heavy (non-hydrogen) atoms.